The van der Waals surface area contributed by atoms with Crippen LogP contribution in [0.4, 0.5) is 0 Å². The van der Waals surface area contributed by atoms with Gasteiger partial charge in [-0.2, -0.15) is 4.31 Å². The Bertz CT molecular complexity index is 440. The fourth-order valence-electron chi connectivity index (χ4n) is 1.72. The number of nitrogens with two attached hydrogens (primary N) is 1. The molecule has 17 heavy (non-hydrogen) atoms. The lowest BCUT2D eigenvalue weighted by Crippen LogP contribution is -2.48. The highest BCUT2D eigenvalue weighted by atomic mass is 32.2. The zero-order valence-electron chi connectivity index (χ0n) is 10.0. The Morgan fingerprint density at radius 1 is 1.18 bits per heavy atom. The molecule has 1 aliphatic carbocycles. The van der Waals surface area contributed by atoms with E-state index < -0.39 is 19.9 Å². The minimum atomic E-state index is -3.50. The lowest BCUT2D eigenvalue weighted by molar-refractivity contribution is 0.223. The van der Waals surface area contributed by atoms with Crippen molar-refractivity contribution in [3.8, 4) is 0 Å². The van der Waals surface area contributed by atoms with E-state index in [2.05, 4.69) is 0 Å². The van der Waals surface area contributed by atoms with Gasteiger partial charge in [-0.05, 0) is 12.8 Å². The van der Waals surface area contributed by atoms with Crippen LogP contribution in [0, 0.1) is 0 Å². The molecule has 0 radical (unpaired) electrons. The lowest BCUT2D eigenvalue weighted by atomic mass is 9.93. The molecule has 8 heteroatoms. The van der Waals surface area contributed by atoms with Crippen LogP contribution in [0.25, 0.3) is 0 Å². The summed E-state index contributed by atoms with van der Waals surface area (Å²) in [6.45, 7) is 0.533. The lowest BCUT2D eigenvalue weighted by Gasteiger charge is -2.36. The van der Waals surface area contributed by atoms with Crippen LogP contribution in [0.5, 0.6) is 0 Å². The Kier molecular flexibility index (Phi) is 4.94. The van der Waals surface area contributed by atoms with Gasteiger partial charge < -0.3 is 5.73 Å². The number of rotatable bonds is 7. The zero-order chi connectivity index (χ0) is 13.1. The molecule has 1 fully saturated rings. The molecule has 0 unspecified atom stereocenters. The number of nitrogens with zero attached hydrogens (tertiary/aromatic N) is 1. The first-order valence-electron chi connectivity index (χ1n) is 5.63. The molecule has 0 amide bonds. The summed E-state index contributed by atoms with van der Waals surface area (Å²) in [5, 5.41) is 0. The first-order chi connectivity index (χ1) is 7.76. The van der Waals surface area contributed by atoms with Crippen molar-refractivity contribution in [1.29, 1.82) is 0 Å². The summed E-state index contributed by atoms with van der Waals surface area (Å²) in [5.74, 6) is -0.675. The maximum Gasteiger partial charge on any atom is 0.215 e. The van der Waals surface area contributed by atoms with Crippen molar-refractivity contribution >= 4 is 19.9 Å². The van der Waals surface area contributed by atoms with Crippen LogP contribution < -0.4 is 5.73 Å². The van der Waals surface area contributed by atoms with Crippen molar-refractivity contribution in [2.24, 2.45) is 5.73 Å². The van der Waals surface area contributed by atoms with E-state index in [1.165, 1.54) is 4.31 Å². The van der Waals surface area contributed by atoms with Gasteiger partial charge in [0.15, 0.2) is 0 Å². The first kappa shape index (κ1) is 14.9. The largest absolute Gasteiger partial charge is 0.329 e. The van der Waals surface area contributed by atoms with Crippen LogP contribution in [0.2, 0.25) is 0 Å². The highest BCUT2D eigenvalue weighted by Crippen LogP contribution is 2.26. The molecule has 1 aliphatic rings. The van der Waals surface area contributed by atoms with Crippen molar-refractivity contribution < 1.29 is 16.8 Å². The van der Waals surface area contributed by atoms with Gasteiger partial charge >= 0.3 is 0 Å². The van der Waals surface area contributed by atoms with Gasteiger partial charge in [0, 0.05) is 25.4 Å². The summed E-state index contributed by atoms with van der Waals surface area (Å²) >= 11 is 0. The van der Waals surface area contributed by atoms with E-state index in [9.17, 15) is 16.8 Å². The van der Waals surface area contributed by atoms with E-state index in [4.69, 9.17) is 5.73 Å². The molecule has 0 aromatic carbocycles. The number of sulfonamides is 1. The predicted octanol–water partition coefficient (Wildman–Crippen LogP) is -0.826. The summed E-state index contributed by atoms with van der Waals surface area (Å²) in [5.41, 5.74) is 5.40. The van der Waals surface area contributed by atoms with E-state index in [-0.39, 0.29) is 30.6 Å². The van der Waals surface area contributed by atoms with Crippen LogP contribution in [-0.2, 0) is 19.9 Å². The minimum Gasteiger partial charge on any atom is -0.329 e. The Morgan fingerprint density at radius 2 is 1.76 bits per heavy atom. The summed E-state index contributed by atoms with van der Waals surface area (Å²) in [6, 6.07) is 0.0168. The topological polar surface area (TPSA) is 97.5 Å². The average molecular weight is 284 g/mol. The molecule has 1 rings (SSSR count). The van der Waals surface area contributed by atoms with Gasteiger partial charge in [-0.1, -0.05) is 6.42 Å². The fraction of sp³-hybridized carbons (Fsp3) is 1.00. The number of hydrogen-bond donors (Lipinski definition) is 1. The highest BCUT2D eigenvalue weighted by molar-refractivity contribution is 7.93. The first-order valence-corrected chi connectivity index (χ1v) is 9.30. The van der Waals surface area contributed by atoms with Gasteiger partial charge in [-0.3, -0.25) is 0 Å². The third-order valence-corrected chi connectivity index (χ3v) is 6.02. The summed E-state index contributed by atoms with van der Waals surface area (Å²) in [7, 11) is -6.76. The van der Waals surface area contributed by atoms with Crippen molar-refractivity contribution in [2.75, 3.05) is 30.9 Å². The minimum absolute atomic E-state index is 0.0168. The molecule has 0 aliphatic heterocycles. The van der Waals surface area contributed by atoms with Gasteiger partial charge in [0.05, 0.1) is 11.5 Å². The molecule has 0 bridgehead atoms. The third kappa shape index (κ3) is 4.53. The van der Waals surface area contributed by atoms with Crippen LogP contribution in [0.3, 0.4) is 0 Å². The molecule has 0 aromatic rings. The second-order valence-corrected chi connectivity index (χ2v) is 8.73. The summed E-state index contributed by atoms with van der Waals surface area (Å²) < 4.78 is 47.4. The molecule has 6 nitrogen and oxygen atoms in total. The van der Waals surface area contributed by atoms with Crippen molar-refractivity contribution in [1.82, 2.24) is 4.31 Å². The zero-order valence-corrected chi connectivity index (χ0v) is 11.6. The quantitative estimate of drug-likeness (QED) is 0.658. The van der Waals surface area contributed by atoms with Crippen LogP contribution in [0.1, 0.15) is 19.3 Å². The van der Waals surface area contributed by atoms with E-state index in [1.54, 1.807) is 0 Å². The number of sulfone groups is 1. The monoisotopic (exact) mass is 284 g/mol. The van der Waals surface area contributed by atoms with Gasteiger partial charge in [0.25, 0.3) is 0 Å². The molecule has 0 saturated heterocycles. The molecule has 0 heterocycles. The smallest absolute Gasteiger partial charge is 0.215 e. The summed E-state index contributed by atoms with van der Waals surface area (Å²) in [4.78, 5) is 0. The van der Waals surface area contributed by atoms with Crippen LogP contribution >= 0.6 is 0 Å². The fourth-order valence-corrected chi connectivity index (χ4v) is 5.06. The second kappa shape index (κ2) is 5.64. The van der Waals surface area contributed by atoms with Gasteiger partial charge in [0.2, 0.25) is 10.0 Å². The molecule has 1 saturated carbocycles. The van der Waals surface area contributed by atoms with E-state index in [0.29, 0.717) is 0 Å². The maximum absolute atomic E-state index is 12.0. The van der Waals surface area contributed by atoms with Gasteiger partial charge in [-0.25, -0.2) is 16.8 Å². The molecule has 0 atom stereocenters. The number of hydrogen-bond acceptors (Lipinski definition) is 5. The van der Waals surface area contributed by atoms with Crippen LogP contribution in [0.15, 0.2) is 0 Å². The van der Waals surface area contributed by atoms with Gasteiger partial charge in [0.1, 0.15) is 9.84 Å². The normalized spacial score (nSPS) is 18.3. The highest BCUT2D eigenvalue weighted by Gasteiger charge is 2.33. The Balaban J connectivity index is 2.70. The molecule has 2 N–H and O–H groups in total. The van der Waals surface area contributed by atoms with Crippen molar-refractivity contribution in [3.05, 3.63) is 0 Å². The molecular weight excluding hydrogens is 264 g/mol. The maximum atomic E-state index is 12.0. The molecule has 0 spiro atoms. The average Bonchev–Trinajstić information content (AvgIpc) is 2.10. The Morgan fingerprint density at radius 3 is 2.12 bits per heavy atom. The molecule has 102 valence electrons. The third-order valence-electron chi connectivity index (χ3n) is 2.90. The van der Waals surface area contributed by atoms with Crippen molar-refractivity contribution in [3.63, 3.8) is 0 Å². The second-order valence-electron chi connectivity index (χ2n) is 4.43. The van der Waals surface area contributed by atoms with E-state index >= 15 is 0 Å². The van der Waals surface area contributed by atoms with Crippen LogP contribution in [-0.4, -0.2) is 58.0 Å². The molecular formula is C9H20N2O4S2. The summed E-state index contributed by atoms with van der Waals surface area (Å²) in [6.07, 6.45) is 3.75. The predicted molar refractivity (Wildman–Crippen MR) is 66.9 cm³/mol. The van der Waals surface area contributed by atoms with E-state index in [0.717, 1.165) is 25.5 Å². The standard InChI is InChI=1S/C9H20N2O4S2/c1-16(12,13)7-8-17(14,15)11(6-5-10)9-3-2-4-9/h9H,2-8,10H2,1H3. The molecule has 0 aromatic heterocycles. The van der Waals surface area contributed by atoms with E-state index in [1.807, 2.05) is 0 Å². The van der Waals surface area contributed by atoms with Crippen molar-refractivity contribution in [2.45, 2.75) is 25.3 Å². The Hall–Kier alpha value is -0.180. The SMILES string of the molecule is CS(=O)(=O)CCS(=O)(=O)N(CCN)C1CCC1. The Labute approximate surface area is 103 Å². The van der Waals surface area contributed by atoms with Gasteiger partial charge in [-0.15, -0.1) is 0 Å².